The Morgan fingerprint density at radius 1 is 1.70 bits per heavy atom. The van der Waals surface area contributed by atoms with Gasteiger partial charge in [-0.05, 0) is 12.8 Å². The molecule has 1 saturated carbocycles. The molecule has 0 spiro atoms. The smallest absolute Gasteiger partial charge is 0.311 e. The van der Waals surface area contributed by atoms with Crippen molar-refractivity contribution >= 4 is 5.97 Å². The van der Waals surface area contributed by atoms with Crippen LogP contribution in [0.5, 0.6) is 0 Å². The van der Waals surface area contributed by atoms with Gasteiger partial charge in [0.15, 0.2) is 0 Å². The molecule has 0 saturated heterocycles. The largest absolute Gasteiger partial charge is 0.481 e. The van der Waals surface area contributed by atoms with Gasteiger partial charge in [-0.3, -0.25) is 4.79 Å². The van der Waals surface area contributed by atoms with Crippen LogP contribution in [0.15, 0.2) is 0 Å². The van der Waals surface area contributed by atoms with Crippen molar-refractivity contribution in [1.82, 2.24) is 0 Å². The van der Waals surface area contributed by atoms with E-state index in [1.54, 1.807) is 0 Å². The molecule has 0 amide bonds. The molecule has 0 aliphatic heterocycles. The molecular weight excluding hydrogens is 134 g/mol. The van der Waals surface area contributed by atoms with Crippen LogP contribution in [0.1, 0.15) is 12.8 Å². The Morgan fingerprint density at radius 3 is 2.30 bits per heavy atom. The Balaban J connectivity index is 2.60. The maximum atomic E-state index is 10.5. The highest BCUT2D eigenvalue weighted by Crippen LogP contribution is 2.47. The number of aliphatic hydroxyl groups excluding tert-OH is 1. The number of hydrogen-bond acceptors (Lipinski definition) is 3. The fourth-order valence-corrected chi connectivity index (χ4v) is 1.05. The molecule has 1 aliphatic rings. The summed E-state index contributed by atoms with van der Waals surface area (Å²) in [4.78, 5) is 10.5. The van der Waals surface area contributed by atoms with Crippen LogP contribution in [-0.4, -0.2) is 28.8 Å². The van der Waals surface area contributed by atoms with E-state index in [2.05, 4.69) is 0 Å². The topological polar surface area (TPSA) is 83.5 Å². The van der Waals surface area contributed by atoms with Gasteiger partial charge in [0, 0.05) is 6.04 Å². The van der Waals surface area contributed by atoms with Crippen LogP contribution in [0.4, 0.5) is 0 Å². The first-order chi connectivity index (χ1) is 4.63. The highest BCUT2D eigenvalue weighted by molar-refractivity contribution is 5.78. The predicted octanol–water partition coefficient (Wildman–Crippen LogP) is -0.829. The van der Waals surface area contributed by atoms with Crippen LogP contribution in [0.2, 0.25) is 0 Å². The number of carboxylic acid groups (broad SMARTS) is 1. The summed E-state index contributed by atoms with van der Waals surface area (Å²) in [5, 5.41) is 17.2. The van der Waals surface area contributed by atoms with Crippen molar-refractivity contribution in [2.75, 3.05) is 6.61 Å². The molecule has 1 aliphatic carbocycles. The lowest BCUT2D eigenvalue weighted by Gasteiger charge is -2.15. The van der Waals surface area contributed by atoms with E-state index in [1.807, 2.05) is 0 Å². The van der Waals surface area contributed by atoms with E-state index in [0.717, 1.165) is 0 Å². The number of hydrogen-bond donors (Lipinski definition) is 3. The molecule has 4 nitrogen and oxygen atoms in total. The van der Waals surface area contributed by atoms with Crippen LogP contribution >= 0.6 is 0 Å². The van der Waals surface area contributed by atoms with Crippen molar-refractivity contribution in [3.8, 4) is 0 Å². The standard InChI is InChI=1S/C6H11NO3/c7-4(3-8)6(1-2-6)5(9)10/h4,8H,1-3,7H2,(H,9,10)/t4-/m0/s1. The first-order valence-electron chi connectivity index (χ1n) is 3.23. The van der Waals surface area contributed by atoms with Crippen molar-refractivity contribution in [1.29, 1.82) is 0 Å². The van der Waals surface area contributed by atoms with Crippen molar-refractivity contribution in [3.63, 3.8) is 0 Å². The molecule has 0 aromatic heterocycles. The third kappa shape index (κ3) is 0.892. The zero-order valence-corrected chi connectivity index (χ0v) is 5.58. The molecule has 4 N–H and O–H groups in total. The second kappa shape index (κ2) is 2.21. The van der Waals surface area contributed by atoms with Crippen LogP contribution in [0.3, 0.4) is 0 Å². The molecule has 0 heterocycles. The minimum Gasteiger partial charge on any atom is -0.481 e. The molecule has 1 rings (SSSR count). The van der Waals surface area contributed by atoms with Gasteiger partial charge in [-0.2, -0.15) is 0 Å². The van der Waals surface area contributed by atoms with Crippen LogP contribution in [0.25, 0.3) is 0 Å². The Labute approximate surface area is 58.6 Å². The molecule has 1 fully saturated rings. The molecule has 58 valence electrons. The lowest BCUT2D eigenvalue weighted by molar-refractivity contribution is -0.144. The van der Waals surface area contributed by atoms with Crippen LogP contribution < -0.4 is 5.73 Å². The Kier molecular flexibility index (Phi) is 1.66. The Hall–Kier alpha value is -0.610. The van der Waals surface area contributed by atoms with Gasteiger partial charge in [-0.1, -0.05) is 0 Å². The van der Waals surface area contributed by atoms with E-state index in [4.69, 9.17) is 15.9 Å². The lowest BCUT2D eigenvalue weighted by Crippen LogP contribution is -2.40. The average molecular weight is 145 g/mol. The highest BCUT2D eigenvalue weighted by Gasteiger charge is 2.54. The first kappa shape index (κ1) is 7.50. The molecule has 0 aromatic rings. The van der Waals surface area contributed by atoms with E-state index < -0.39 is 17.4 Å². The maximum Gasteiger partial charge on any atom is 0.311 e. The minimum atomic E-state index is -0.881. The number of carbonyl (C=O) groups is 1. The van der Waals surface area contributed by atoms with Crippen LogP contribution in [0, 0.1) is 5.41 Å². The van der Waals surface area contributed by atoms with Gasteiger partial charge in [0.25, 0.3) is 0 Å². The summed E-state index contributed by atoms with van der Waals surface area (Å²) in [6, 6.07) is -0.593. The Bertz CT molecular complexity index is 153. The summed E-state index contributed by atoms with van der Waals surface area (Å²) in [6.45, 7) is -0.244. The van der Waals surface area contributed by atoms with Crippen LogP contribution in [-0.2, 0) is 4.79 Å². The summed E-state index contributed by atoms with van der Waals surface area (Å²) in [5.41, 5.74) is 4.59. The van der Waals surface area contributed by atoms with Gasteiger partial charge in [0.05, 0.1) is 12.0 Å². The van der Waals surface area contributed by atoms with Gasteiger partial charge in [0.2, 0.25) is 0 Å². The monoisotopic (exact) mass is 145 g/mol. The fourth-order valence-electron chi connectivity index (χ4n) is 1.05. The minimum absolute atomic E-state index is 0.244. The van der Waals surface area contributed by atoms with Crippen molar-refractivity contribution in [2.45, 2.75) is 18.9 Å². The second-order valence-electron chi connectivity index (χ2n) is 2.75. The summed E-state index contributed by atoms with van der Waals surface area (Å²) in [5.74, 6) is -0.881. The molecule has 10 heavy (non-hydrogen) atoms. The van der Waals surface area contributed by atoms with E-state index in [9.17, 15) is 4.79 Å². The number of rotatable bonds is 3. The predicted molar refractivity (Wildman–Crippen MR) is 34.4 cm³/mol. The summed E-state index contributed by atoms with van der Waals surface area (Å²) < 4.78 is 0. The normalized spacial score (nSPS) is 23.8. The molecule has 0 aromatic carbocycles. The van der Waals surface area contributed by atoms with E-state index in [-0.39, 0.29) is 6.61 Å². The number of carboxylic acids is 1. The number of nitrogens with two attached hydrogens (primary N) is 1. The molecule has 0 radical (unpaired) electrons. The molecular formula is C6H11NO3. The van der Waals surface area contributed by atoms with E-state index >= 15 is 0 Å². The van der Waals surface area contributed by atoms with Crippen molar-refractivity contribution < 1.29 is 15.0 Å². The summed E-state index contributed by atoms with van der Waals surface area (Å²) in [7, 11) is 0. The lowest BCUT2D eigenvalue weighted by atomic mass is 9.98. The van der Waals surface area contributed by atoms with E-state index in [0.29, 0.717) is 12.8 Å². The highest BCUT2D eigenvalue weighted by atomic mass is 16.4. The fraction of sp³-hybridized carbons (Fsp3) is 0.833. The SMILES string of the molecule is N[C@@H](CO)C1(C(=O)O)CC1. The summed E-state index contributed by atoms with van der Waals surface area (Å²) >= 11 is 0. The third-order valence-electron chi connectivity index (χ3n) is 2.12. The zero-order chi connectivity index (χ0) is 7.78. The quantitative estimate of drug-likeness (QED) is 0.484. The average Bonchev–Trinajstić information content (AvgIpc) is 2.65. The molecule has 1 atom stereocenters. The van der Waals surface area contributed by atoms with Crippen molar-refractivity contribution in [2.24, 2.45) is 11.1 Å². The van der Waals surface area contributed by atoms with Gasteiger partial charge in [-0.15, -0.1) is 0 Å². The Morgan fingerprint density at radius 2 is 2.20 bits per heavy atom. The summed E-state index contributed by atoms with van der Waals surface area (Å²) in [6.07, 6.45) is 1.20. The molecule has 0 bridgehead atoms. The number of aliphatic hydroxyl groups is 1. The number of aliphatic carboxylic acids is 1. The maximum absolute atomic E-state index is 10.5. The zero-order valence-electron chi connectivity index (χ0n) is 5.58. The molecule has 0 unspecified atom stereocenters. The van der Waals surface area contributed by atoms with Crippen molar-refractivity contribution in [3.05, 3.63) is 0 Å². The second-order valence-corrected chi connectivity index (χ2v) is 2.75. The van der Waals surface area contributed by atoms with Gasteiger partial charge < -0.3 is 15.9 Å². The van der Waals surface area contributed by atoms with Gasteiger partial charge >= 0.3 is 5.97 Å². The van der Waals surface area contributed by atoms with Gasteiger partial charge in [-0.25, -0.2) is 0 Å². The first-order valence-corrected chi connectivity index (χ1v) is 3.23. The van der Waals surface area contributed by atoms with E-state index in [1.165, 1.54) is 0 Å². The third-order valence-corrected chi connectivity index (χ3v) is 2.12. The molecule has 4 heteroatoms. The van der Waals surface area contributed by atoms with Gasteiger partial charge in [0.1, 0.15) is 0 Å².